The summed E-state index contributed by atoms with van der Waals surface area (Å²) in [6.07, 6.45) is 5.75. The first-order chi connectivity index (χ1) is 11.3. The number of ether oxygens (including phenoxy) is 1. The summed E-state index contributed by atoms with van der Waals surface area (Å²) in [5.74, 6) is 0.366. The summed E-state index contributed by atoms with van der Waals surface area (Å²) >= 11 is 0. The van der Waals surface area contributed by atoms with Crippen LogP contribution in [0.3, 0.4) is 0 Å². The standard InChI is InChI=1S/C17H20N4O2/c1-23-16-15(11-18-12-19-16)20-17(22)21-9-4-7-13-5-2-3-6-14(13)8-10-21/h2-3,5-6,11-12H,4,7-10H2,1H3,(H,20,22). The van der Waals surface area contributed by atoms with E-state index in [1.807, 2.05) is 4.90 Å². The molecule has 0 unspecified atom stereocenters. The van der Waals surface area contributed by atoms with Gasteiger partial charge in [-0.15, -0.1) is 0 Å². The number of urea groups is 1. The Morgan fingerprint density at radius 1 is 1.22 bits per heavy atom. The van der Waals surface area contributed by atoms with Gasteiger partial charge in [0.2, 0.25) is 5.88 Å². The van der Waals surface area contributed by atoms with Crippen LogP contribution >= 0.6 is 0 Å². The number of methoxy groups -OCH3 is 1. The van der Waals surface area contributed by atoms with Crippen LogP contribution < -0.4 is 10.1 Å². The van der Waals surface area contributed by atoms with Crippen molar-refractivity contribution in [3.63, 3.8) is 0 Å². The van der Waals surface area contributed by atoms with E-state index >= 15 is 0 Å². The molecule has 2 aromatic rings. The topological polar surface area (TPSA) is 67.4 Å². The second-order valence-corrected chi connectivity index (χ2v) is 5.49. The number of carbonyl (C=O) groups excluding carboxylic acids is 1. The maximum atomic E-state index is 12.5. The van der Waals surface area contributed by atoms with Crippen LogP contribution in [-0.2, 0) is 12.8 Å². The van der Waals surface area contributed by atoms with Gasteiger partial charge in [-0.1, -0.05) is 24.3 Å². The molecule has 1 N–H and O–H groups in total. The molecule has 0 bridgehead atoms. The first-order valence-electron chi connectivity index (χ1n) is 7.74. The molecular weight excluding hydrogens is 292 g/mol. The quantitative estimate of drug-likeness (QED) is 0.925. The Kier molecular flexibility index (Phi) is 4.71. The van der Waals surface area contributed by atoms with E-state index < -0.39 is 0 Å². The van der Waals surface area contributed by atoms with Gasteiger partial charge < -0.3 is 15.0 Å². The smallest absolute Gasteiger partial charge is 0.322 e. The summed E-state index contributed by atoms with van der Waals surface area (Å²) in [7, 11) is 1.52. The second-order valence-electron chi connectivity index (χ2n) is 5.49. The van der Waals surface area contributed by atoms with Crippen LogP contribution in [-0.4, -0.2) is 41.1 Å². The summed E-state index contributed by atoms with van der Waals surface area (Å²) in [6, 6.07) is 8.31. The highest BCUT2D eigenvalue weighted by Crippen LogP contribution is 2.20. The average molecular weight is 312 g/mol. The number of aryl methyl sites for hydroxylation is 1. The van der Waals surface area contributed by atoms with Gasteiger partial charge in [0.1, 0.15) is 12.0 Å². The van der Waals surface area contributed by atoms with Crippen LogP contribution in [0.1, 0.15) is 17.5 Å². The van der Waals surface area contributed by atoms with E-state index in [0.717, 1.165) is 25.8 Å². The van der Waals surface area contributed by atoms with Crippen molar-refractivity contribution in [3.8, 4) is 5.88 Å². The maximum Gasteiger partial charge on any atom is 0.322 e. The molecule has 0 atom stereocenters. The first-order valence-corrected chi connectivity index (χ1v) is 7.74. The van der Waals surface area contributed by atoms with Crippen molar-refractivity contribution >= 4 is 11.7 Å². The third-order valence-electron chi connectivity index (χ3n) is 4.04. The molecule has 0 saturated carbocycles. The number of nitrogens with zero attached hydrogens (tertiary/aromatic N) is 3. The summed E-state index contributed by atoms with van der Waals surface area (Å²) < 4.78 is 5.14. The Bertz CT molecular complexity index is 690. The molecule has 6 heteroatoms. The maximum absolute atomic E-state index is 12.5. The Morgan fingerprint density at radius 2 is 2.00 bits per heavy atom. The molecule has 0 spiro atoms. The zero-order valence-electron chi connectivity index (χ0n) is 13.2. The van der Waals surface area contributed by atoms with Crippen LogP contribution in [0.4, 0.5) is 10.5 Å². The molecule has 3 rings (SSSR count). The molecule has 0 fully saturated rings. The number of carbonyl (C=O) groups is 1. The molecule has 6 nitrogen and oxygen atoms in total. The lowest BCUT2D eigenvalue weighted by Crippen LogP contribution is -2.38. The Labute approximate surface area is 135 Å². The molecule has 120 valence electrons. The lowest BCUT2D eigenvalue weighted by molar-refractivity contribution is 0.210. The minimum atomic E-state index is -0.141. The number of rotatable bonds is 2. The van der Waals surface area contributed by atoms with E-state index in [1.54, 1.807) is 6.20 Å². The molecule has 1 aromatic carbocycles. The van der Waals surface area contributed by atoms with E-state index in [0.29, 0.717) is 18.1 Å². The number of aromatic nitrogens is 2. The van der Waals surface area contributed by atoms with Crippen molar-refractivity contribution in [2.45, 2.75) is 19.3 Å². The highest BCUT2D eigenvalue weighted by atomic mass is 16.5. The van der Waals surface area contributed by atoms with Gasteiger partial charge in [0, 0.05) is 13.1 Å². The van der Waals surface area contributed by atoms with Crippen molar-refractivity contribution in [2.24, 2.45) is 0 Å². The number of benzene rings is 1. The van der Waals surface area contributed by atoms with Gasteiger partial charge >= 0.3 is 6.03 Å². The van der Waals surface area contributed by atoms with Crippen molar-refractivity contribution in [2.75, 3.05) is 25.5 Å². The Balaban J connectivity index is 1.68. The highest BCUT2D eigenvalue weighted by Gasteiger charge is 2.18. The van der Waals surface area contributed by atoms with Crippen molar-refractivity contribution in [1.29, 1.82) is 0 Å². The van der Waals surface area contributed by atoms with Gasteiger partial charge in [-0.3, -0.25) is 0 Å². The molecule has 1 aliphatic rings. The Morgan fingerprint density at radius 3 is 2.78 bits per heavy atom. The number of hydrogen-bond acceptors (Lipinski definition) is 4. The molecule has 2 heterocycles. The van der Waals surface area contributed by atoms with E-state index in [1.165, 1.54) is 24.6 Å². The minimum absolute atomic E-state index is 0.141. The monoisotopic (exact) mass is 312 g/mol. The van der Waals surface area contributed by atoms with Gasteiger partial charge in [0.15, 0.2) is 0 Å². The predicted octanol–water partition coefficient (Wildman–Crippen LogP) is 2.51. The molecule has 0 radical (unpaired) electrons. The van der Waals surface area contributed by atoms with Crippen molar-refractivity contribution in [1.82, 2.24) is 14.9 Å². The van der Waals surface area contributed by atoms with E-state index in [4.69, 9.17) is 4.74 Å². The molecular formula is C17H20N4O2. The van der Waals surface area contributed by atoms with E-state index in [-0.39, 0.29) is 6.03 Å². The summed E-state index contributed by atoms with van der Waals surface area (Å²) in [6.45, 7) is 1.43. The number of fused-ring (bicyclic) bond motifs is 1. The molecule has 2 amide bonds. The van der Waals surface area contributed by atoms with Crippen molar-refractivity contribution < 1.29 is 9.53 Å². The number of hydrogen-bond donors (Lipinski definition) is 1. The number of anilines is 1. The zero-order chi connectivity index (χ0) is 16.1. The molecule has 1 aliphatic heterocycles. The van der Waals surface area contributed by atoms with Gasteiger partial charge in [-0.05, 0) is 30.4 Å². The fraction of sp³-hybridized carbons (Fsp3) is 0.353. The summed E-state index contributed by atoms with van der Waals surface area (Å²) in [5.41, 5.74) is 3.21. The van der Waals surface area contributed by atoms with Gasteiger partial charge in [0.05, 0.1) is 13.3 Å². The largest absolute Gasteiger partial charge is 0.479 e. The van der Waals surface area contributed by atoms with Crippen LogP contribution in [0.25, 0.3) is 0 Å². The zero-order valence-corrected chi connectivity index (χ0v) is 13.2. The third kappa shape index (κ3) is 3.59. The third-order valence-corrected chi connectivity index (χ3v) is 4.04. The fourth-order valence-corrected chi connectivity index (χ4v) is 2.84. The lowest BCUT2D eigenvalue weighted by atomic mass is 9.98. The normalized spacial score (nSPS) is 14.4. The van der Waals surface area contributed by atoms with Gasteiger partial charge in [-0.25, -0.2) is 9.78 Å². The van der Waals surface area contributed by atoms with Gasteiger partial charge in [-0.2, -0.15) is 4.98 Å². The fourth-order valence-electron chi connectivity index (χ4n) is 2.84. The SMILES string of the molecule is COc1ncncc1NC(=O)N1CCCc2ccccc2CC1. The highest BCUT2D eigenvalue weighted by molar-refractivity contribution is 5.90. The van der Waals surface area contributed by atoms with Crippen LogP contribution in [0.15, 0.2) is 36.8 Å². The molecule has 23 heavy (non-hydrogen) atoms. The van der Waals surface area contributed by atoms with E-state index in [2.05, 4.69) is 39.6 Å². The number of amides is 2. The van der Waals surface area contributed by atoms with Crippen molar-refractivity contribution in [3.05, 3.63) is 47.9 Å². The Hall–Kier alpha value is -2.63. The summed E-state index contributed by atoms with van der Waals surface area (Å²) in [4.78, 5) is 22.3. The molecule has 0 aliphatic carbocycles. The lowest BCUT2D eigenvalue weighted by Gasteiger charge is -2.26. The van der Waals surface area contributed by atoms with Crippen LogP contribution in [0.2, 0.25) is 0 Å². The average Bonchev–Trinajstić information content (AvgIpc) is 2.56. The van der Waals surface area contributed by atoms with Gasteiger partial charge in [0.25, 0.3) is 0 Å². The number of nitrogens with one attached hydrogen (secondary N) is 1. The van der Waals surface area contributed by atoms with Crippen LogP contribution in [0, 0.1) is 0 Å². The summed E-state index contributed by atoms with van der Waals surface area (Å²) in [5, 5.41) is 2.84. The first kappa shape index (κ1) is 15.3. The van der Waals surface area contributed by atoms with Crippen LogP contribution in [0.5, 0.6) is 5.88 Å². The minimum Gasteiger partial charge on any atom is -0.479 e. The molecule has 1 aromatic heterocycles. The second kappa shape index (κ2) is 7.09. The molecule has 0 saturated heterocycles. The predicted molar refractivity (Wildman–Crippen MR) is 87.6 cm³/mol. The van der Waals surface area contributed by atoms with E-state index in [9.17, 15) is 4.79 Å².